The van der Waals surface area contributed by atoms with Crippen LogP contribution in [0.25, 0.3) is 0 Å². The lowest BCUT2D eigenvalue weighted by Crippen LogP contribution is -2.07. The van der Waals surface area contributed by atoms with Gasteiger partial charge in [-0.05, 0) is 17.5 Å². The second-order valence-corrected chi connectivity index (χ2v) is 5.89. The Balaban J connectivity index is 1.71. The summed E-state index contributed by atoms with van der Waals surface area (Å²) in [5.41, 5.74) is 3.77. The van der Waals surface area contributed by atoms with Crippen LogP contribution in [0.4, 0.5) is 0 Å². The Morgan fingerprint density at radius 3 is 2.18 bits per heavy atom. The highest BCUT2D eigenvalue weighted by atomic mass is 32.1. The fraction of sp³-hybridized carbons (Fsp3) is 0.211. The van der Waals surface area contributed by atoms with Gasteiger partial charge in [-0.3, -0.25) is 0 Å². The van der Waals surface area contributed by atoms with Gasteiger partial charge in [0, 0.05) is 30.0 Å². The van der Waals surface area contributed by atoms with E-state index in [0.29, 0.717) is 5.92 Å². The van der Waals surface area contributed by atoms with Crippen LogP contribution in [0.15, 0.2) is 66.9 Å². The van der Waals surface area contributed by atoms with Crippen LogP contribution in [0.1, 0.15) is 28.6 Å². The SMILES string of the molecule is SC[C@H](Cc1ccccc1)c1ncc(Cc2ccccc2)[nH]1. The largest absolute Gasteiger partial charge is 0.345 e. The first kappa shape index (κ1) is 14.9. The standard InChI is InChI=1S/C19H20N2S/c22-14-17(11-15-7-3-1-4-8-15)19-20-13-18(21-19)12-16-9-5-2-6-10-16/h1-10,13,17,22H,11-12,14H2,(H,20,21)/t17-/m0/s1. The van der Waals surface area contributed by atoms with Gasteiger partial charge in [-0.15, -0.1) is 0 Å². The number of nitrogens with zero attached hydrogens (tertiary/aromatic N) is 1. The zero-order chi connectivity index (χ0) is 15.2. The summed E-state index contributed by atoms with van der Waals surface area (Å²) in [5, 5.41) is 0. The third-order valence-corrected chi connectivity index (χ3v) is 4.26. The van der Waals surface area contributed by atoms with Crippen molar-refractivity contribution in [1.29, 1.82) is 0 Å². The third-order valence-electron chi connectivity index (χ3n) is 3.82. The molecule has 0 fully saturated rings. The molecule has 1 atom stereocenters. The van der Waals surface area contributed by atoms with Gasteiger partial charge in [-0.2, -0.15) is 12.6 Å². The molecule has 0 unspecified atom stereocenters. The zero-order valence-corrected chi connectivity index (χ0v) is 13.3. The molecule has 0 saturated carbocycles. The number of imidazole rings is 1. The number of hydrogen-bond acceptors (Lipinski definition) is 2. The molecule has 0 aliphatic heterocycles. The minimum absolute atomic E-state index is 0.315. The molecule has 0 aliphatic carbocycles. The molecule has 0 saturated heterocycles. The summed E-state index contributed by atoms with van der Waals surface area (Å²) in [7, 11) is 0. The molecule has 2 nitrogen and oxygen atoms in total. The van der Waals surface area contributed by atoms with Crippen molar-refractivity contribution in [3.05, 3.63) is 89.5 Å². The molecule has 0 radical (unpaired) electrons. The van der Waals surface area contributed by atoms with E-state index in [9.17, 15) is 0 Å². The molecular formula is C19H20N2S. The zero-order valence-electron chi connectivity index (χ0n) is 12.4. The van der Waals surface area contributed by atoms with Crippen LogP contribution in [0.5, 0.6) is 0 Å². The van der Waals surface area contributed by atoms with Crippen LogP contribution >= 0.6 is 12.6 Å². The minimum Gasteiger partial charge on any atom is -0.345 e. The molecule has 0 amide bonds. The van der Waals surface area contributed by atoms with E-state index in [0.717, 1.165) is 30.1 Å². The van der Waals surface area contributed by atoms with Crippen LogP contribution in [0, 0.1) is 0 Å². The highest BCUT2D eigenvalue weighted by Crippen LogP contribution is 2.20. The number of rotatable bonds is 6. The van der Waals surface area contributed by atoms with Gasteiger partial charge in [0.15, 0.2) is 0 Å². The van der Waals surface area contributed by atoms with Crippen LogP contribution in [-0.2, 0) is 12.8 Å². The fourth-order valence-corrected chi connectivity index (χ4v) is 2.94. The highest BCUT2D eigenvalue weighted by Gasteiger charge is 2.14. The molecule has 0 aliphatic rings. The van der Waals surface area contributed by atoms with E-state index in [2.05, 4.69) is 71.1 Å². The first-order chi connectivity index (χ1) is 10.8. The number of aromatic nitrogens is 2. The second-order valence-electron chi connectivity index (χ2n) is 5.53. The van der Waals surface area contributed by atoms with E-state index in [1.165, 1.54) is 11.1 Å². The molecule has 1 aromatic heterocycles. The average Bonchev–Trinajstić information content (AvgIpc) is 3.03. The molecule has 3 rings (SSSR count). The Kier molecular flexibility index (Phi) is 4.96. The number of hydrogen-bond donors (Lipinski definition) is 2. The van der Waals surface area contributed by atoms with Crippen molar-refractivity contribution in [2.75, 3.05) is 5.75 Å². The van der Waals surface area contributed by atoms with E-state index < -0.39 is 0 Å². The molecule has 22 heavy (non-hydrogen) atoms. The van der Waals surface area contributed by atoms with Crippen molar-refractivity contribution in [1.82, 2.24) is 9.97 Å². The predicted molar refractivity (Wildman–Crippen MR) is 94.6 cm³/mol. The van der Waals surface area contributed by atoms with Crippen LogP contribution in [-0.4, -0.2) is 15.7 Å². The van der Waals surface area contributed by atoms with E-state index >= 15 is 0 Å². The fourth-order valence-electron chi connectivity index (χ4n) is 2.64. The summed E-state index contributed by atoms with van der Waals surface area (Å²) in [6.07, 6.45) is 3.80. The lowest BCUT2D eigenvalue weighted by Gasteiger charge is -2.11. The quantitative estimate of drug-likeness (QED) is 0.655. The van der Waals surface area contributed by atoms with Gasteiger partial charge >= 0.3 is 0 Å². The van der Waals surface area contributed by atoms with Crippen molar-refractivity contribution < 1.29 is 0 Å². The molecule has 112 valence electrons. The highest BCUT2D eigenvalue weighted by molar-refractivity contribution is 7.80. The number of benzene rings is 2. The minimum atomic E-state index is 0.315. The van der Waals surface area contributed by atoms with Gasteiger partial charge in [0.2, 0.25) is 0 Å². The maximum Gasteiger partial charge on any atom is 0.110 e. The summed E-state index contributed by atoms with van der Waals surface area (Å²) < 4.78 is 0. The summed E-state index contributed by atoms with van der Waals surface area (Å²) in [6, 6.07) is 21.0. The van der Waals surface area contributed by atoms with Gasteiger partial charge in [0.25, 0.3) is 0 Å². The average molecular weight is 308 g/mol. The van der Waals surface area contributed by atoms with Gasteiger partial charge in [-0.25, -0.2) is 4.98 Å². The van der Waals surface area contributed by atoms with Gasteiger partial charge in [0.05, 0.1) is 0 Å². The van der Waals surface area contributed by atoms with E-state index in [-0.39, 0.29) is 0 Å². The summed E-state index contributed by atoms with van der Waals surface area (Å²) in [4.78, 5) is 8.05. The topological polar surface area (TPSA) is 28.7 Å². The lowest BCUT2D eigenvalue weighted by molar-refractivity contribution is 0.720. The van der Waals surface area contributed by atoms with Crippen molar-refractivity contribution in [2.45, 2.75) is 18.8 Å². The monoisotopic (exact) mass is 308 g/mol. The van der Waals surface area contributed by atoms with Crippen molar-refractivity contribution in [3.8, 4) is 0 Å². The Morgan fingerprint density at radius 1 is 0.909 bits per heavy atom. The van der Waals surface area contributed by atoms with Crippen LogP contribution in [0.3, 0.4) is 0 Å². The number of thiol groups is 1. The van der Waals surface area contributed by atoms with Gasteiger partial charge in [0.1, 0.15) is 5.82 Å². The van der Waals surface area contributed by atoms with Crippen LogP contribution < -0.4 is 0 Å². The van der Waals surface area contributed by atoms with E-state index in [1.54, 1.807) is 0 Å². The van der Waals surface area contributed by atoms with Crippen LogP contribution in [0.2, 0.25) is 0 Å². The molecule has 0 bridgehead atoms. The molecule has 3 aromatic rings. The van der Waals surface area contributed by atoms with E-state index in [1.807, 2.05) is 18.3 Å². The number of aromatic amines is 1. The molecule has 1 N–H and O–H groups in total. The van der Waals surface area contributed by atoms with E-state index in [4.69, 9.17) is 0 Å². The summed E-state index contributed by atoms with van der Waals surface area (Å²) in [5.74, 6) is 2.13. The Labute approximate surface area is 137 Å². The maximum absolute atomic E-state index is 4.58. The molecular weight excluding hydrogens is 288 g/mol. The summed E-state index contributed by atoms with van der Waals surface area (Å²) in [6.45, 7) is 0. The third kappa shape index (κ3) is 3.80. The lowest BCUT2D eigenvalue weighted by atomic mass is 10.0. The van der Waals surface area contributed by atoms with Gasteiger partial charge in [-0.1, -0.05) is 60.7 Å². The Hall–Kier alpha value is -2.00. The number of nitrogens with one attached hydrogen (secondary N) is 1. The summed E-state index contributed by atoms with van der Waals surface area (Å²) >= 11 is 4.51. The normalized spacial score (nSPS) is 12.2. The van der Waals surface area contributed by atoms with Crippen molar-refractivity contribution in [3.63, 3.8) is 0 Å². The van der Waals surface area contributed by atoms with Crippen molar-refractivity contribution in [2.24, 2.45) is 0 Å². The molecule has 1 heterocycles. The van der Waals surface area contributed by atoms with Gasteiger partial charge < -0.3 is 4.98 Å². The maximum atomic E-state index is 4.58. The Bertz CT molecular complexity index is 692. The Morgan fingerprint density at radius 2 is 1.55 bits per heavy atom. The molecule has 2 aromatic carbocycles. The predicted octanol–water partition coefficient (Wildman–Crippen LogP) is 4.26. The smallest absolute Gasteiger partial charge is 0.110 e. The first-order valence-electron chi connectivity index (χ1n) is 7.57. The second kappa shape index (κ2) is 7.32. The number of H-pyrrole nitrogens is 1. The van der Waals surface area contributed by atoms with Crippen molar-refractivity contribution >= 4 is 12.6 Å². The molecule has 0 spiro atoms. The molecule has 3 heteroatoms. The first-order valence-corrected chi connectivity index (χ1v) is 8.21.